The molecule has 128 valence electrons. The first kappa shape index (κ1) is 17.1. The van der Waals surface area contributed by atoms with Crippen molar-refractivity contribution < 1.29 is 15.0 Å². The SMILES string of the molecule is O=C(NCc1ccc(Cl)cc1)c1cn[nH]c1-c1cc(Cl)c(O)cc1O. The number of aromatic hydroxyl groups is 2. The number of amides is 1. The van der Waals surface area contributed by atoms with E-state index in [1.165, 1.54) is 12.3 Å². The molecule has 1 amide bonds. The Labute approximate surface area is 153 Å². The number of benzene rings is 2. The van der Waals surface area contributed by atoms with Crippen molar-refractivity contribution in [3.63, 3.8) is 0 Å². The van der Waals surface area contributed by atoms with Crippen LogP contribution in [-0.4, -0.2) is 26.3 Å². The van der Waals surface area contributed by atoms with Gasteiger partial charge in [-0.1, -0.05) is 35.3 Å². The zero-order valence-corrected chi connectivity index (χ0v) is 14.3. The Balaban J connectivity index is 1.82. The first-order valence-corrected chi connectivity index (χ1v) is 7.99. The summed E-state index contributed by atoms with van der Waals surface area (Å²) >= 11 is 11.7. The summed E-state index contributed by atoms with van der Waals surface area (Å²) in [6, 6.07) is 9.56. The molecule has 2 aromatic carbocycles. The highest BCUT2D eigenvalue weighted by Crippen LogP contribution is 2.37. The number of hydrogen-bond donors (Lipinski definition) is 4. The van der Waals surface area contributed by atoms with Gasteiger partial charge in [0.15, 0.2) is 0 Å². The molecule has 0 unspecified atom stereocenters. The second kappa shape index (κ2) is 7.04. The molecular formula is C17H13Cl2N3O3. The Bertz CT molecular complexity index is 923. The van der Waals surface area contributed by atoms with Gasteiger partial charge in [-0.2, -0.15) is 5.10 Å². The number of phenolic OH excluding ortho intramolecular Hbond substituents is 2. The summed E-state index contributed by atoms with van der Waals surface area (Å²) in [4.78, 5) is 12.4. The van der Waals surface area contributed by atoms with Crippen LogP contribution < -0.4 is 5.32 Å². The summed E-state index contributed by atoms with van der Waals surface area (Å²) in [5.41, 5.74) is 1.69. The van der Waals surface area contributed by atoms with E-state index < -0.39 is 0 Å². The van der Waals surface area contributed by atoms with Gasteiger partial charge in [0.1, 0.15) is 11.5 Å². The van der Waals surface area contributed by atoms with E-state index in [-0.39, 0.29) is 33.6 Å². The molecule has 8 heteroatoms. The largest absolute Gasteiger partial charge is 0.507 e. The van der Waals surface area contributed by atoms with Gasteiger partial charge in [-0.05, 0) is 23.8 Å². The van der Waals surface area contributed by atoms with Crippen molar-refractivity contribution >= 4 is 29.1 Å². The normalized spacial score (nSPS) is 10.6. The Morgan fingerprint density at radius 3 is 2.56 bits per heavy atom. The number of nitrogens with one attached hydrogen (secondary N) is 2. The van der Waals surface area contributed by atoms with E-state index in [9.17, 15) is 15.0 Å². The quantitative estimate of drug-likeness (QED) is 0.556. The lowest BCUT2D eigenvalue weighted by atomic mass is 10.1. The van der Waals surface area contributed by atoms with Crippen LogP contribution in [0.5, 0.6) is 11.5 Å². The summed E-state index contributed by atoms with van der Waals surface area (Å²) in [5, 5.41) is 29.5. The molecule has 3 aromatic rings. The van der Waals surface area contributed by atoms with E-state index in [1.807, 2.05) is 12.1 Å². The molecule has 6 nitrogen and oxygen atoms in total. The molecule has 0 atom stereocenters. The van der Waals surface area contributed by atoms with E-state index in [1.54, 1.807) is 12.1 Å². The van der Waals surface area contributed by atoms with Gasteiger partial charge < -0.3 is 15.5 Å². The van der Waals surface area contributed by atoms with Crippen LogP contribution in [0.4, 0.5) is 0 Å². The number of aromatic nitrogens is 2. The van der Waals surface area contributed by atoms with Crippen LogP contribution in [0.3, 0.4) is 0 Å². The van der Waals surface area contributed by atoms with Gasteiger partial charge in [0.05, 0.1) is 22.5 Å². The maximum Gasteiger partial charge on any atom is 0.255 e. The zero-order chi connectivity index (χ0) is 18.0. The molecule has 1 heterocycles. The third-order valence-electron chi connectivity index (χ3n) is 3.58. The van der Waals surface area contributed by atoms with Crippen molar-refractivity contribution in [3.05, 3.63) is 63.8 Å². The minimum atomic E-state index is -0.373. The van der Waals surface area contributed by atoms with Crippen LogP contribution in [-0.2, 0) is 6.54 Å². The van der Waals surface area contributed by atoms with Gasteiger partial charge >= 0.3 is 0 Å². The van der Waals surface area contributed by atoms with Crippen molar-refractivity contribution in [2.75, 3.05) is 0 Å². The molecular weight excluding hydrogens is 365 g/mol. The fourth-order valence-corrected chi connectivity index (χ4v) is 2.58. The fourth-order valence-electron chi connectivity index (χ4n) is 2.29. The molecule has 0 saturated heterocycles. The molecule has 0 spiro atoms. The van der Waals surface area contributed by atoms with E-state index in [4.69, 9.17) is 23.2 Å². The fraction of sp³-hybridized carbons (Fsp3) is 0.0588. The number of hydrogen-bond acceptors (Lipinski definition) is 4. The molecule has 25 heavy (non-hydrogen) atoms. The summed E-state index contributed by atoms with van der Waals surface area (Å²) in [6.45, 7) is 0.308. The molecule has 0 bridgehead atoms. The van der Waals surface area contributed by atoms with Gasteiger partial charge in [-0.25, -0.2) is 0 Å². The molecule has 0 radical (unpaired) electrons. The highest BCUT2D eigenvalue weighted by Gasteiger charge is 2.19. The number of nitrogens with zero attached hydrogens (tertiary/aromatic N) is 1. The molecule has 4 N–H and O–H groups in total. The number of aromatic amines is 1. The average Bonchev–Trinajstić information content (AvgIpc) is 3.07. The standard InChI is InChI=1S/C17H13Cl2N3O3/c18-10-3-1-9(2-4-10)7-20-17(25)12-8-21-22-16(12)11-5-13(19)15(24)6-14(11)23/h1-6,8,23-24H,7H2,(H,20,25)(H,21,22). The monoisotopic (exact) mass is 377 g/mol. The van der Waals surface area contributed by atoms with Crippen molar-refractivity contribution in [1.29, 1.82) is 0 Å². The van der Waals surface area contributed by atoms with Crippen molar-refractivity contribution in [3.8, 4) is 22.8 Å². The molecule has 0 aliphatic carbocycles. The molecule has 0 aliphatic heterocycles. The average molecular weight is 378 g/mol. The predicted octanol–water partition coefficient (Wildman–Crippen LogP) is 3.72. The minimum Gasteiger partial charge on any atom is -0.507 e. The van der Waals surface area contributed by atoms with Gasteiger partial charge in [0.2, 0.25) is 0 Å². The molecule has 0 fully saturated rings. The van der Waals surface area contributed by atoms with Gasteiger partial charge in [0, 0.05) is 23.2 Å². The van der Waals surface area contributed by atoms with E-state index in [0.29, 0.717) is 17.3 Å². The van der Waals surface area contributed by atoms with Crippen LogP contribution in [0.1, 0.15) is 15.9 Å². The number of carbonyl (C=O) groups is 1. The summed E-state index contributed by atoms with van der Waals surface area (Å²) < 4.78 is 0. The summed E-state index contributed by atoms with van der Waals surface area (Å²) in [7, 11) is 0. The smallest absolute Gasteiger partial charge is 0.255 e. The van der Waals surface area contributed by atoms with Gasteiger partial charge in [0.25, 0.3) is 5.91 Å². The Morgan fingerprint density at radius 2 is 1.84 bits per heavy atom. The van der Waals surface area contributed by atoms with E-state index in [2.05, 4.69) is 15.5 Å². The van der Waals surface area contributed by atoms with Crippen molar-refractivity contribution in [2.45, 2.75) is 6.54 Å². The number of rotatable bonds is 4. The molecule has 0 aliphatic rings. The van der Waals surface area contributed by atoms with Crippen molar-refractivity contribution in [2.24, 2.45) is 0 Å². The first-order valence-electron chi connectivity index (χ1n) is 7.23. The Kier molecular flexibility index (Phi) is 4.83. The lowest BCUT2D eigenvalue weighted by Gasteiger charge is -2.08. The molecule has 3 rings (SSSR count). The Morgan fingerprint density at radius 1 is 1.12 bits per heavy atom. The molecule has 1 aromatic heterocycles. The summed E-state index contributed by atoms with van der Waals surface area (Å²) in [5.74, 6) is -0.851. The number of phenols is 2. The zero-order valence-electron chi connectivity index (χ0n) is 12.8. The highest BCUT2D eigenvalue weighted by atomic mass is 35.5. The van der Waals surface area contributed by atoms with Crippen LogP contribution in [0.15, 0.2) is 42.6 Å². The van der Waals surface area contributed by atoms with Gasteiger partial charge in [-0.3, -0.25) is 9.89 Å². The second-order valence-electron chi connectivity index (χ2n) is 5.29. The topological polar surface area (TPSA) is 98.2 Å². The highest BCUT2D eigenvalue weighted by molar-refractivity contribution is 6.32. The third kappa shape index (κ3) is 3.70. The summed E-state index contributed by atoms with van der Waals surface area (Å²) in [6.07, 6.45) is 1.35. The van der Waals surface area contributed by atoms with Crippen LogP contribution in [0.25, 0.3) is 11.3 Å². The van der Waals surface area contributed by atoms with E-state index >= 15 is 0 Å². The lowest BCUT2D eigenvalue weighted by molar-refractivity contribution is 0.0951. The number of halogens is 2. The maximum atomic E-state index is 12.4. The maximum absolute atomic E-state index is 12.4. The van der Waals surface area contributed by atoms with Crippen LogP contribution in [0, 0.1) is 0 Å². The first-order chi connectivity index (χ1) is 12.0. The van der Waals surface area contributed by atoms with Gasteiger partial charge in [-0.15, -0.1) is 0 Å². The molecule has 0 saturated carbocycles. The van der Waals surface area contributed by atoms with Crippen LogP contribution in [0.2, 0.25) is 10.0 Å². The minimum absolute atomic E-state index is 0.0509. The lowest BCUT2D eigenvalue weighted by Crippen LogP contribution is -2.22. The Hall–Kier alpha value is -2.70. The third-order valence-corrected chi connectivity index (χ3v) is 4.14. The van der Waals surface area contributed by atoms with E-state index in [0.717, 1.165) is 11.6 Å². The van der Waals surface area contributed by atoms with Crippen molar-refractivity contribution in [1.82, 2.24) is 15.5 Å². The number of H-pyrrole nitrogens is 1. The predicted molar refractivity (Wildman–Crippen MR) is 95.0 cm³/mol. The van der Waals surface area contributed by atoms with Crippen LogP contribution >= 0.6 is 23.2 Å². The number of carbonyl (C=O) groups excluding carboxylic acids is 1. The second-order valence-corrected chi connectivity index (χ2v) is 6.13.